The Balaban J connectivity index is 1.95. The monoisotopic (exact) mass is 646 g/mol. The van der Waals surface area contributed by atoms with Gasteiger partial charge in [0.05, 0.1) is 33.9 Å². The summed E-state index contributed by atoms with van der Waals surface area (Å²) >= 11 is 8.13. The maximum Gasteiger partial charge on any atom is 0.341 e. The molecule has 42 heavy (non-hydrogen) atoms. The molecule has 1 aliphatic rings. The van der Waals surface area contributed by atoms with E-state index in [4.69, 9.17) is 18.9 Å². The van der Waals surface area contributed by atoms with Gasteiger partial charge < -0.3 is 18.9 Å². The SMILES string of the molecule is COC(=O)c1cc(C2(c3ccc(OC)c(C(=O)OC)c3)c3cc(Br)ccc3-c3ccc(CCCS)cc32)ccc1OC. The highest BCUT2D eigenvalue weighted by Gasteiger charge is 2.47. The highest BCUT2D eigenvalue weighted by atomic mass is 79.9. The van der Waals surface area contributed by atoms with Crippen LogP contribution in [0.15, 0.2) is 77.3 Å². The van der Waals surface area contributed by atoms with Crippen LogP contribution in [0.2, 0.25) is 0 Å². The van der Waals surface area contributed by atoms with Gasteiger partial charge in [-0.25, -0.2) is 9.59 Å². The van der Waals surface area contributed by atoms with Crippen LogP contribution in [0.1, 0.15) is 55.0 Å². The van der Waals surface area contributed by atoms with Crippen molar-refractivity contribution in [2.45, 2.75) is 18.3 Å². The smallest absolute Gasteiger partial charge is 0.341 e. The first-order valence-corrected chi connectivity index (χ1v) is 14.8. The Labute approximate surface area is 259 Å². The second-order valence-electron chi connectivity index (χ2n) is 9.96. The van der Waals surface area contributed by atoms with E-state index in [1.807, 2.05) is 30.3 Å². The molecule has 1 aliphatic carbocycles. The largest absolute Gasteiger partial charge is 0.496 e. The number of rotatable bonds is 9. The summed E-state index contributed by atoms with van der Waals surface area (Å²) in [4.78, 5) is 26.0. The molecular weight excluding hydrogens is 616 g/mol. The van der Waals surface area contributed by atoms with Crippen LogP contribution < -0.4 is 9.47 Å². The van der Waals surface area contributed by atoms with Crippen molar-refractivity contribution in [3.05, 3.63) is 116 Å². The summed E-state index contributed by atoms with van der Waals surface area (Å²) in [7, 11) is 5.74. The van der Waals surface area contributed by atoms with Gasteiger partial charge in [-0.15, -0.1) is 0 Å². The third-order valence-electron chi connectivity index (χ3n) is 7.86. The number of esters is 2. The molecule has 0 saturated carbocycles. The topological polar surface area (TPSA) is 71.1 Å². The molecule has 0 saturated heterocycles. The van der Waals surface area contributed by atoms with Gasteiger partial charge in [-0.05, 0) is 93.9 Å². The van der Waals surface area contributed by atoms with Crippen LogP contribution in [0.3, 0.4) is 0 Å². The maximum atomic E-state index is 13.0. The van der Waals surface area contributed by atoms with Gasteiger partial charge in [-0.1, -0.05) is 52.3 Å². The molecule has 8 heteroatoms. The molecule has 0 heterocycles. The number of carbonyl (C=O) groups is 2. The Bertz CT molecular complexity index is 1610. The lowest BCUT2D eigenvalue weighted by molar-refractivity contribution is 0.0588. The predicted octanol–water partition coefficient (Wildman–Crippen LogP) is 7.27. The van der Waals surface area contributed by atoms with E-state index in [-0.39, 0.29) is 0 Å². The number of methoxy groups -OCH3 is 4. The zero-order valence-corrected chi connectivity index (χ0v) is 26.3. The van der Waals surface area contributed by atoms with Crippen LogP contribution in [0.4, 0.5) is 0 Å². The zero-order chi connectivity index (χ0) is 30.0. The van der Waals surface area contributed by atoms with Crippen molar-refractivity contribution >= 4 is 40.5 Å². The van der Waals surface area contributed by atoms with E-state index >= 15 is 0 Å². The minimum Gasteiger partial charge on any atom is -0.496 e. The molecular formula is C34H31BrO6S. The fraction of sp³-hybridized carbons (Fsp3) is 0.235. The Hall–Kier alpha value is -3.75. The zero-order valence-electron chi connectivity index (χ0n) is 23.8. The molecule has 5 rings (SSSR count). The number of thiol groups is 1. The van der Waals surface area contributed by atoms with E-state index in [0.29, 0.717) is 22.6 Å². The van der Waals surface area contributed by atoms with Crippen LogP contribution in [0.5, 0.6) is 11.5 Å². The van der Waals surface area contributed by atoms with Crippen molar-refractivity contribution in [3.8, 4) is 22.6 Å². The van der Waals surface area contributed by atoms with Crippen molar-refractivity contribution in [2.24, 2.45) is 0 Å². The molecule has 0 aliphatic heterocycles. The van der Waals surface area contributed by atoms with Gasteiger partial charge in [-0.2, -0.15) is 12.6 Å². The van der Waals surface area contributed by atoms with Crippen molar-refractivity contribution in [2.75, 3.05) is 34.2 Å². The number of aryl methyl sites for hydroxylation is 1. The van der Waals surface area contributed by atoms with Gasteiger partial charge in [-0.3, -0.25) is 0 Å². The quantitative estimate of drug-likeness (QED) is 0.134. The first-order valence-electron chi connectivity index (χ1n) is 13.4. The fourth-order valence-corrected chi connectivity index (χ4v) is 6.51. The van der Waals surface area contributed by atoms with Gasteiger partial charge in [0.1, 0.15) is 22.6 Å². The van der Waals surface area contributed by atoms with Crippen molar-refractivity contribution in [3.63, 3.8) is 0 Å². The van der Waals surface area contributed by atoms with Gasteiger partial charge in [0.15, 0.2) is 0 Å². The third-order valence-corrected chi connectivity index (χ3v) is 8.67. The summed E-state index contributed by atoms with van der Waals surface area (Å²) < 4.78 is 22.3. The molecule has 0 radical (unpaired) electrons. The maximum absolute atomic E-state index is 13.0. The molecule has 0 spiro atoms. The molecule has 0 atom stereocenters. The second kappa shape index (κ2) is 12.2. The first kappa shape index (κ1) is 29.7. The number of benzene rings is 4. The summed E-state index contributed by atoms with van der Waals surface area (Å²) in [5.41, 5.74) is 6.64. The second-order valence-corrected chi connectivity index (χ2v) is 11.3. The van der Waals surface area contributed by atoms with Crippen molar-refractivity contribution < 1.29 is 28.5 Å². The first-order chi connectivity index (χ1) is 20.3. The Morgan fingerprint density at radius 1 is 0.714 bits per heavy atom. The number of ether oxygens (including phenoxy) is 4. The van der Waals surface area contributed by atoms with Gasteiger partial charge in [0, 0.05) is 4.47 Å². The molecule has 4 aromatic rings. The van der Waals surface area contributed by atoms with Gasteiger partial charge >= 0.3 is 11.9 Å². The number of carbonyl (C=O) groups excluding carboxylic acids is 2. The number of hydrogen-bond donors (Lipinski definition) is 1. The molecule has 0 unspecified atom stereocenters. The molecule has 4 aromatic carbocycles. The lowest BCUT2D eigenvalue weighted by Gasteiger charge is -2.35. The summed E-state index contributed by atoms with van der Waals surface area (Å²) in [6.07, 6.45) is 1.79. The van der Waals surface area contributed by atoms with E-state index in [9.17, 15) is 9.59 Å². The Morgan fingerprint density at radius 3 is 1.74 bits per heavy atom. The van der Waals surface area contributed by atoms with Crippen LogP contribution in [-0.4, -0.2) is 46.1 Å². The fourth-order valence-electron chi connectivity index (χ4n) is 5.99. The normalized spacial score (nSPS) is 12.7. The highest BCUT2D eigenvalue weighted by molar-refractivity contribution is 9.10. The predicted molar refractivity (Wildman–Crippen MR) is 169 cm³/mol. The molecule has 0 amide bonds. The lowest BCUT2D eigenvalue weighted by atomic mass is 9.67. The summed E-state index contributed by atoms with van der Waals surface area (Å²) in [5, 5.41) is 0. The summed E-state index contributed by atoms with van der Waals surface area (Å²) in [6.45, 7) is 0. The van der Waals surface area contributed by atoms with Crippen molar-refractivity contribution in [1.29, 1.82) is 0 Å². The van der Waals surface area contributed by atoms with Crippen LogP contribution in [0.25, 0.3) is 11.1 Å². The number of halogens is 1. The number of hydrogen-bond acceptors (Lipinski definition) is 7. The van der Waals surface area contributed by atoms with Crippen molar-refractivity contribution in [1.82, 2.24) is 0 Å². The summed E-state index contributed by atoms with van der Waals surface area (Å²) in [6, 6.07) is 23.9. The average Bonchev–Trinajstić information content (AvgIpc) is 3.31. The van der Waals surface area contributed by atoms with E-state index < -0.39 is 17.4 Å². The minimum atomic E-state index is -0.921. The van der Waals surface area contributed by atoms with Gasteiger partial charge in [0.25, 0.3) is 0 Å². The molecule has 0 bridgehead atoms. The minimum absolute atomic E-state index is 0.301. The van der Waals surface area contributed by atoms with Crippen LogP contribution in [0, 0.1) is 0 Å². The van der Waals surface area contributed by atoms with Crippen LogP contribution in [-0.2, 0) is 21.3 Å². The Kier molecular flexibility index (Phi) is 8.66. The van der Waals surface area contributed by atoms with Gasteiger partial charge in [0.2, 0.25) is 0 Å². The van der Waals surface area contributed by atoms with E-state index in [1.165, 1.54) is 34.0 Å². The third kappa shape index (κ3) is 4.86. The van der Waals surface area contributed by atoms with E-state index in [0.717, 1.165) is 56.4 Å². The molecule has 0 fully saturated rings. The average molecular weight is 648 g/mol. The number of fused-ring (bicyclic) bond motifs is 3. The summed E-state index contributed by atoms with van der Waals surface area (Å²) in [5.74, 6) is 0.562. The highest BCUT2D eigenvalue weighted by Crippen LogP contribution is 2.57. The van der Waals surface area contributed by atoms with E-state index in [2.05, 4.69) is 58.9 Å². The Morgan fingerprint density at radius 2 is 1.24 bits per heavy atom. The lowest BCUT2D eigenvalue weighted by Crippen LogP contribution is -2.30. The van der Waals surface area contributed by atoms with Crippen LogP contribution >= 0.6 is 28.6 Å². The molecule has 6 nitrogen and oxygen atoms in total. The molecule has 216 valence electrons. The molecule has 0 aromatic heterocycles. The standard InChI is InChI=1S/C34H31BrO6S/c1-38-30-13-8-21(17-26(30)32(36)40-3)34(22-9-14-31(39-2)27(18-22)33(37)41-4)28-16-20(6-5-15-42)7-11-24(28)25-12-10-23(35)19-29(25)34/h7-14,16-19,42H,5-6,15H2,1-4H3. The molecule has 0 N–H and O–H groups in total. The van der Waals surface area contributed by atoms with E-state index in [1.54, 1.807) is 12.1 Å².